The number of anilines is 3. The van der Waals surface area contributed by atoms with Crippen molar-refractivity contribution in [3.05, 3.63) is 55.0 Å². The summed E-state index contributed by atoms with van der Waals surface area (Å²) in [7, 11) is 0. The highest BCUT2D eigenvalue weighted by atomic mass is 15.2. The molecule has 5 heteroatoms. The van der Waals surface area contributed by atoms with E-state index >= 15 is 0 Å². The molecule has 2 aromatic heterocycles. The molecule has 94 valence electrons. The monoisotopic (exact) mass is 251 g/mol. The van der Waals surface area contributed by atoms with Crippen LogP contribution in [0.15, 0.2) is 55.0 Å². The average Bonchev–Trinajstić information content (AvgIpc) is 2.48. The van der Waals surface area contributed by atoms with Crippen molar-refractivity contribution in [1.29, 1.82) is 0 Å². The van der Waals surface area contributed by atoms with E-state index in [2.05, 4.69) is 26.8 Å². The summed E-state index contributed by atoms with van der Waals surface area (Å²) in [6.07, 6.45) is 5.33. The van der Waals surface area contributed by atoms with Crippen molar-refractivity contribution in [2.75, 3.05) is 10.7 Å². The van der Waals surface area contributed by atoms with Crippen LogP contribution >= 0.6 is 0 Å². The quantitative estimate of drug-likeness (QED) is 0.493. The maximum Gasteiger partial charge on any atom is 0.141 e. The minimum atomic E-state index is 0.614. The van der Waals surface area contributed by atoms with Crippen LogP contribution < -0.4 is 16.6 Å². The molecular weight excluding hydrogens is 238 g/mol. The third kappa shape index (κ3) is 2.31. The number of pyridine rings is 2. The summed E-state index contributed by atoms with van der Waals surface area (Å²) >= 11 is 0. The fourth-order valence-corrected chi connectivity index (χ4v) is 1.97. The first kappa shape index (κ1) is 11.4. The van der Waals surface area contributed by atoms with Gasteiger partial charge in [-0.25, -0.2) is 10.8 Å². The summed E-state index contributed by atoms with van der Waals surface area (Å²) in [5.41, 5.74) is 4.44. The van der Waals surface area contributed by atoms with E-state index in [0.717, 1.165) is 22.1 Å². The maximum absolute atomic E-state index is 5.35. The number of nitrogen functional groups attached to an aromatic ring is 1. The van der Waals surface area contributed by atoms with E-state index < -0.39 is 0 Å². The molecule has 0 atom stereocenters. The number of fused-ring (bicyclic) bond motifs is 1. The van der Waals surface area contributed by atoms with Gasteiger partial charge in [-0.3, -0.25) is 4.98 Å². The smallest absolute Gasteiger partial charge is 0.141 e. The molecule has 0 aliphatic heterocycles. The van der Waals surface area contributed by atoms with Crippen LogP contribution in [0.1, 0.15) is 0 Å². The molecule has 0 aliphatic rings. The van der Waals surface area contributed by atoms with Crippen molar-refractivity contribution in [3.8, 4) is 0 Å². The number of rotatable bonds is 3. The summed E-state index contributed by atoms with van der Waals surface area (Å²) < 4.78 is 0. The zero-order valence-corrected chi connectivity index (χ0v) is 10.2. The van der Waals surface area contributed by atoms with Crippen LogP contribution in [-0.2, 0) is 0 Å². The van der Waals surface area contributed by atoms with Crippen molar-refractivity contribution in [2.45, 2.75) is 0 Å². The first-order valence-electron chi connectivity index (χ1n) is 5.89. The largest absolute Gasteiger partial charge is 0.355 e. The Morgan fingerprint density at radius 1 is 1.05 bits per heavy atom. The number of nitrogens with one attached hydrogen (secondary N) is 2. The number of hydrogen-bond donors (Lipinski definition) is 3. The molecule has 0 amide bonds. The number of nitrogens with two attached hydrogens (primary N) is 1. The van der Waals surface area contributed by atoms with Crippen molar-refractivity contribution < 1.29 is 0 Å². The van der Waals surface area contributed by atoms with Gasteiger partial charge in [0.1, 0.15) is 5.82 Å². The van der Waals surface area contributed by atoms with Gasteiger partial charge in [0.05, 0.1) is 0 Å². The van der Waals surface area contributed by atoms with Crippen LogP contribution in [0.3, 0.4) is 0 Å². The Bertz CT molecular complexity index is 706. The second-order valence-electron chi connectivity index (χ2n) is 4.10. The van der Waals surface area contributed by atoms with Crippen LogP contribution in [-0.4, -0.2) is 9.97 Å². The van der Waals surface area contributed by atoms with Gasteiger partial charge in [-0.1, -0.05) is 12.1 Å². The molecule has 0 aliphatic carbocycles. The van der Waals surface area contributed by atoms with Gasteiger partial charge in [-0.15, -0.1) is 0 Å². The average molecular weight is 251 g/mol. The zero-order valence-electron chi connectivity index (χ0n) is 10.2. The lowest BCUT2D eigenvalue weighted by molar-refractivity contribution is 1.23. The first-order valence-corrected chi connectivity index (χ1v) is 5.89. The van der Waals surface area contributed by atoms with Gasteiger partial charge in [0.2, 0.25) is 0 Å². The van der Waals surface area contributed by atoms with E-state index in [1.807, 2.05) is 36.5 Å². The normalized spacial score (nSPS) is 10.4. The number of aromatic nitrogens is 2. The van der Waals surface area contributed by atoms with Crippen LogP contribution in [0, 0.1) is 0 Å². The lowest BCUT2D eigenvalue weighted by Crippen LogP contribution is -2.08. The standard InChI is InChI=1S/C14H13N5/c15-19-14-8-11(5-7-17-14)18-13-3-1-2-10-4-6-16-9-12(10)13/h1-9H,15H2,(H2,17,18,19). The van der Waals surface area contributed by atoms with E-state index in [4.69, 9.17) is 5.84 Å². The number of hydrazine groups is 1. The third-order valence-electron chi connectivity index (χ3n) is 2.87. The molecule has 0 unspecified atom stereocenters. The van der Waals surface area contributed by atoms with Gasteiger partial charge in [0.15, 0.2) is 0 Å². The third-order valence-corrected chi connectivity index (χ3v) is 2.87. The van der Waals surface area contributed by atoms with Gasteiger partial charge in [-0.05, 0) is 23.6 Å². The number of nitrogens with zero attached hydrogens (tertiary/aromatic N) is 2. The molecule has 19 heavy (non-hydrogen) atoms. The van der Waals surface area contributed by atoms with Crippen LogP contribution in [0.2, 0.25) is 0 Å². The molecule has 0 saturated carbocycles. The Kier molecular flexibility index (Phi) is 2.96. The van der Waals surface area contributed by atoms with Gasteiger partial charge >= 0.3 is 0 Å². The molecular formula is C14H13N5. The topological polar surface area (TPSA) is 75.9 Å². The minimum absolute atomic E-state index is 0.614. The fraction of sp³-hybridized carbons (Fsp3) is 0. The molecule has 0 saturated heterocycles. The summed E-state index contributed by atoms with van der Waals surface area (Å²) in [5.74, 6) is 5.97. The highest BCUT2D eigenvalue weighted by Gasteiger charge is 2.02. The molecule has 0 spiro atoms. The predicted molar refractivity (Wildman–Crippen MR) is 77.1 cm³/mol. The molecule has 2 heterocycles. The molecule has 0 bridgehead atoms. The van der Waals surface area contributed by atoms with E-state index in [-0.39, 0.29) is 0 Å². The zero-order chi connectivity index (χ0) is 13.1. The first-order chi connectivity index (χ1) is 9.36. The Morgan fingerprint density at radius 2 is 2.00 bits per heavy atom. The lowest BCUT2D eigenvalue weighted by atomic mass is 10.1. The fourth-order valence-electron chi connectivity index (χ4n) is 1.97. The number of hydrogen-bond acceptors (Lipinski definition) is 5. The molecule has 3 aromatic rings. The molecule has 4 N–H and O–H groups in total. The van der Waals surface area contributed by atoms with E-state index in [1.54, 1.807) is 12.4 Å². The summed E-state index contributed by atoms with van der Waals surface area (Å²) in [6, 6.07) is 11.8. The number of benzene rings is 1. The van der Waals surface area contributed by atoms with Crippen molar-refractivity contribution in [1.82, 2.24) is 9.97 Å². The Hall–Kier alpha value is -2.66. The summed E-state index contributed by atoms with van der Waals surface area (Å²) in [4.78, 5) is 8.24. The molecule has 1 aromatic carbocycles. The lowest BCUT2D eigenvalue weighted by Gasteiger charge is -2.10. The highest BCUT2D eigenvalue weighted by Crippen LogP contribution is 2.25. The Morgan fingerprint density at radius 3 is 2.89 bits per heavy atom. The van der Waals surface area contributed by atoms with Gasteiger partial charge in [0, 0.05) is 41.4 Å². The SMILES string of the molecule is NNc1cc(Nc2cccc3ccncc23)ccn1. The Balaban J connectivity index is 2.01. The van der Waals surface area contributed by atoms with Crippen LogP contribution in [0.4, 0.5) is 17.2 Å². The summed E-state index contributed by atoms with van der Waals surface area (Å²) in [5, 5.41) is 5.56. The Labute approximate surface area is 110 Å². The highest BCUT2D eigenvalue weighted by molar-refractivity contribution is 5.94. The van der Waals surface area contributed by atoms with Gasteiger partial charge in [-0.2, -0.15) is 0 Å². The van der Waals surface area contributed by atoms with Gasteiger partial charge < -0.3 is 10.7 Å². The van der Waals surface area contributed by atoms with Crippen LogP contribution in [0.25, 0.3) is 10.8 Å². The minimum Gasteiger partial charge on any atom is -0.355 e. The van der Waals surface area contributed by atoms with Crippen LogP contribution in [0.5, 0.6) is 0 Å². The van der Waals surface area contributed by atoms with Crippen molar-refractivity contribution in [3.63, 3.8) is 0 Å². The second-order valence-corrected chi connectivity index (χ2v) is 4.10. The predicted octanol–water partition coefficient (Wildman–Crippen LogP) is 2.66. The molecule has 0 radical (unpaired) electrons. The van der Waals surface area contributed by atoms with E-state index in [1.165, 1.54) is 0 Å². The summed E-state index contributed by atoms with van der Waals surface area (Å²) in [6.45, 7) is 0. The van der Waals surface area contributed by atoms with Gasteiger partial charge in [0.25, 0.3) is 0 Å². The maximum atomic E-state index is 5.35. The van der Waals surface area contributed by atoms with E-state index in [0.29, 0.717) is 5.82 Å². The van der Waals surface area contributed by atoms with Crippen molar-refractivity contribution in [2.24, 2.45) is 5.84 Å². The molecule has 0 fully saturated rings. The molecule has 3 rings (SSSR count). The molecule has 5 nitrogen and oxygen atoms in total. The van der Waals surface area contributed by atoms with Crippen molar-refractivity contribution >= 4 is 28.0 Å². The second kappa shape index (κ2) is 4.91. The van der Waals surface area contributed by atoms with E-state index in [9.17, 15) is 0 Å².